The molecule has 0 aliphatic carbocycles. The van der Waals surface area contributed by atoms with Gasteiger partial charge in [0.1, 0.15) is 11.9 Å². The fourth-order valence-corrected chi connectivity index (χ4v) is 2.46. The zero-order valence-electron chi connectivity index (χ0n) is 10.8. The molecule has 0 amide bonds. The standard InChI is InChI=1S/C13H15FN2O4/c14-11-7-10(16(19)20)5-4-9(11)8-15-6-2-1-3-12(15)13(17)18/h4-5,7,12H,1-3,6,8H2,(H,17,18). The number of aliphatic carboxylic acids is 1. The van der Waals surface area contributed by atoms with E-state index in [2.05, 4.69) is 0 Å². The highest BCUT2D eigenvalue weighted by molar-refractivity contribution is 5.73. The molecule has 0 bridgehead atoms. The minimum Gasteiger partial charge on any atom is -0.480 e. The van der Waals surface area contributed by atoms with Crippen LogP contribution in [-0.2, 0) is 11.3 Å². The molecule has 2 rings (SSSR count). The maximum absolute atomic E-state index is 13.8. The molecule has 0 saturated carbocycles. The van der Waals surface area contributed by atoms with Crippen LogP contribution in [0.1, 0.15) is 24.8 Å². The summed E-state index contributed by atoms with van der Waals surface area (Å²) in [6, 6.07) is 2.84. The van der Waals surface area contributed by atoms with E-state index in [0.29, 0.717) is 13.0 Å². The number of rotatable bonds is 4. The summed E-state index contributed by atoms with van der Waals surface area (Å²) in [5, 5.41) is 19.7. The second-order valence-electron chi connectivity index (χ2n) is 4.85. The Bertz CT molecular complexity index is 535. The molecule has 1 heterocycles. The average Bonchev–Trinajstić information content (AvgIpc) is 2.41. The Balaban J connectivity index is 2.16. The normalized spacial score (nSPS) is 19.8. The molecular formula is C13H15FN2O4. The van der Waals surface area contributed by atoms with E-state index in [4.69, 9.17) is 5.11 Å². The summed E-state index contributed by atoms with van der Waals surface area (Å²) in [4.78, 5) is 22.8. The van der Waals surface area contributed by atoms with Crippen LogP contribution in [0.2, 0.25) is 0 Å². The van der Waals surface area contributed by atoms with Crippen molar-refractivity contribution >= 4 is 11.7 Å². The van der Waals surface area contributed by atoms with Crippen LogP contribution in [0.3, 0.4) is 0 Å². The quantitative estimate of drug-likeness (QED) is 0.676. The molecule has 1 aliphatic heterocycles. The zero-order chi connectivity index (χ0) is 14.7. The summed E-state index contributed by atoms with van der Waals surface area (Å²) in [5.41, 5.74) is -0.0246. The molecule has 1 aliphatic rings. The number of nitro benzene ring substituents is 1. The van der Waals surface area contributed by atoms with E-state index in [9.17, 15) is 19.3 Å². The number of benzene rings is 1. The number of hydrogen-bond donors (Lipinski definition) is 1. The van der Waals surface area contributed by atoms with Gasteiger partial charge in [-0.3, -0.25) is 19.8 Å². The van der Waals surface area contributed by atoms with Gasteiger partial charge in [-0.2, -0.15) is 0 Å². The first-order valence-electron chi connectivity index (χ1n) is 6.38. The van der Waals surface area contributed by atoms with Crippen LogP contribution in [0.5, 0.6) is 0 Å². The van der Waals surface area contributed by atoms with Crippen molar-refractivity contribution in [1.82, 2.24) is 4.90 Å². The highest BCUT2D eigenvalue weighted by Gasteiger charge is 2.29. The predicted molar refractivity (Wildman–Crippen MR) is 68.7 cm³/mol. The highest BCUT2D eigenvalue weighted by atomic mass is 19.1. The summed E-state index contributed by atoms with van der Waals surface area (Å²) in [6.45, 7) is 0.744. The fraction of sp³-hybridized carbons (Fsp3) is 0.462. The zero-order valence-corrected chi connectivity index (χ0v) is 10.8. The van der Waals surface area contributed by atoms with E-state index in [1.807, 2.05) is 0 Å². The lowest BCUT2D eigenvalue weighted by molar-refractivity contribution is -0.385. The van der Waals surface area contributed by atoms with E-state index in [1.165, 1.54) is 12.1 Å². The Labute approximate surface area is 115 Å². The Hall–Kier alpha value is -2.02. The molecule has 20 heavy (non-hydrogen) atoms. The predicted octanol–water partition coefficient (Wildman–Crippen LogP) is 2.17. The molecule has 108 valence electrons. The van der Waals surface area contributed by atoms with E-state index in [1.54, 1.807) is 4.90 Å². The number of carbonyl (C=O) groups is 1. The van der Waals surface area contributed by atoms with Crippen LogP contribution in [-0.4, -0.2) is 33.5 Å². The lowest BCUT2D eigenvalue weighted by atomic mass is 10.0. The summed E-state index contributed by atoms with van der Waals surface area (Å²) < 4.78 is 13.8. The number of carboxylic acids is 1. The lowest BCUT2D eigenvalue weighted by Gasteiger charge is -2.32. The van der Waals surface area contributed by atoms with Gasteiger partial charge in [0, 0.05) is 18.2 Å². The van der Waals surface area contributed by atoms with E-state index in [-0.39, 0.29) is 17.8 Å². The summed E-state index contributed by atoms with van der Waals surface area (Å²) in [6.07, 6.45) is 2.26. The van der Waals surface area contributed by atoms with Crippen LogP contribution in [0.25, 0.3) is 0 Å². The minimum atomic E-state index is -0.910. The van der Waals surface area contributed by atoms with Crippen molar-refractivity contribution in [2.24, 2.45) is 0 Å². The van der Waals surface area contributed by atoms with Crippen molar-refractivity contribution in [3.8, 4) is 0 Å². The van der Waals surface area contributed by atoms with Crippen LogP contribution in [0.4, 0.5) is 10.1 Å². The second kappa shape index (κ2) is 5.96. The maximum atomic E-state index is 13.8. The van der Waals surface area contributed by atoms with Gasteiger partial charge < -0.3 is 5.11 Å². The van der Waals surface area contributed by atoms with Gasteiger partial charge in [0.2, 0.25) is 0 Å². The molecule has 1 unspecified atom stereocenters. The summed E-state index contributed by atoms with van der Waals surface area (Å²) in [7, 11) is 0. The SMILES string of the molecule is O=C(O)C1CCCCN1Cc1ccc([N+](=O)[O-])cc1F. The highest BCUT2D eigenvalue weighted by Crippen LogP contribution is 2.23. The molecule has 7 heteroatoms. The van der Waals surface area contributed by atoms with Crippen LogP contribution in [0, 0.1) is 15.9 Å². The number of halogens is 1. The number of carboxylic acid groups (broad SMARTS) is 1. The van der Waals surface area contributed by atoms with Crippen LogP contribution < -0.4 is 0 Å². The summed E-state index contributed by atoms with van der Waals surface area (Å²) in [5.74, 6) is -1.58. The first-order valence-corrected chi connectivity index (χ1v) is 6.38. The van der Waals surface area contributed by atoms with Crippen molar-refractivity contribution in [3.63, 3.8) is 0 Å². The number of piperidine rings is 1. The molecule has 1 aromatic rings. The van der Waals surface area contributed by atoms with Gasteiger partial charge in [-0.05, 0) is 25.5 Å². The largest absolute Gasteiger partial charge is 0.480 e. The fourth-order valence-electron chi connectivity index (χ4n) is 2.46. The monoisotopic (exact) mass is 282 g/mol. The molecule has 6 nitrogen and oxygen atoms in total. The molecule has 0 spiro atoms. The third-order valence-corrected chi connectivity index (χ3v) is 3.52. The van der Waals surface area contributed by atoms with Gasteiger partial charge in [0.05, 0.1) is 11.0 Å². The van der Waals surface area contributed by atoms with Crippen molar-refractivity contribution in [2.45, 2.75) is 31.8 Å². The number of nitro groups is 1. The Morgan fingerprint density at radius 3 is 2.85 bits per heavy atom. The minimum absolute atomic E-state index is 0.154. The van der Waals surface area contributed by atoms with Gasteiger partial charge in [0.15, 0.2) is 0 Å². The van der Waals surface area contributed by atoms with Crippen molar-refractivity contribution in [1.29, 1.82) is 0 Å². The molecule has 1 fully saturated rings. The van der Waals surface area contributed by atoms with E-state index >= 15 is 0 Å². The molecule has 1 atom stereocenters. The number of hydrogen-bond acceptors (Lipinski definition) is 4. The molecule has 0 radical (unpaired) electrons. The van der Waals surface area contributed by atoms with E-state index in [0.717, 1.165) is 18.9 Å². The Morgan fingerprint density at radius 1 is 1.50 bits per heavy atom. The second-order valence-corrected chi connectivity index (χ2v) is 4.85. The van der Waals surface area contributed by atoms with Crippen LogP contribution in [0.15, 0.2) is 18.2 Å². The van der Waals surface area contributed by atoms with Gasteiger partial charge in [-0.1, -0.05) is 6.42 Å². The first kappa shape index (κ1) is 14.4. The van der Waals surface area contributed by atoms with Gasteiger partial charge in [-0.25, -0.2) is 4.39 Å². The maximum Gasteiger partial charge on any atom is 0.320 e. The number of nitrogens with zero attached hydrogens (tertiary/aromatic N) is 2. The smallest absolute Gasteiger partial charge is 0.320 e. The molecule has 1 saturated heterocycles. The van der Waals surface area contributed by atoms with Gasteiger partial charge in [-0.15, -0.1) is 0 Å². The molecular weight excluding hydrogens is 267 g/mol. The van der Waals surface area contributed by atoms with Crippen molar-refractivity contribution < 1.29 is 19.2 Å². The number of likely N-dealkylation sites (tertiary alicyclic amines) is 1. The van der Waals surface area contributed by atoms with Gasteiger partial charge >= 0.3 is 5.97 Å². The van der Waals surface area contributed by atoms with Gasteiger partial charge in [0.25, 0.3) is 5.69 Å². The third-order valence-electron chi connectivity index (χ3n) is 3.52. The molecule has 1 aromatic carbocycles. The lowest BCUT2D eigenvalue weighted by Crippen LogP contribution is -2.44. The number of non-ortho nitro benzene ring substituents is 1. The van der Waals surface area contributed by atoms with Crippen molar-refractivity contribution in [3.05, 3.63) is 39.7 Å². The Morgan fingerprint density at radius 2 is 2.25 bits per heavy atom. The van der Waals surface area contributed by atoms with E-state index < -0.39 is 22.8 Å². The Kier molecular flexibility index (Phi) is 4.29. The average molecular weight is 282 g/mol. The molecule has 0 aromatic heterocycles. The summed E-state index contributed by atoms with van der Waals surface area (Å²) >= 11 is 0. The first-order chi connectivity index (χ1) is 9.49. The third kappa shape index (κ3) is 3.11. The topological polar surface area (TPSA) is 83.7 Å². The van der Waals surface area contributed by atoms with Crippen molar-refractivity contribution in [2.75, 3.05) is 6.54 Å². The molecule has 1 N–H and O–H groups in total. The van der Waals surface area contributed by atoms with Crippen LogP contribution >= 0.6 is 0 Å².